The Morgan fingerprint density at radius 2 is 1.94 bits per heavy atom. The van der Waals surface area contributed by atoms with Gasteiger partial charge in [0.1, 0.15) is 22.5 Å². The molecule has 4 aromatic heterocycles. The van der Waals surface area contributed by atoms with Gasteiger partial charge >= 0.3 is 0 Å². The summed E-state index contributed by atoms with van der Waals surface area (Å²) in [6.45, 7) is 1.30. The molecule has 0 bridgehead atoms. The van der Waals surface area contributed by atoms with E-state index in [1.54, 1.807) is 37.0 Å². The Labute approximate surface area is 195 Å². The molecule has 1 aliphatic rings. The van der Waals surface area contributed by atoms with Crippen molar-refractivity contribution in [3.05, 3.63) is 60.0 Å². The van der Waals surface area contributed by atoms with E-state index in [4.69, 9.17) is 5.11 Å². The van der Waals surface area contributed by atoms with Crippen molar-refractivity contribution in [2.45, 2.75) is 19.1 Å². The SMILES string of the molecule is CN1CCC(O)C1=O.Cn1nccc1CNc1nccc(-c2nc(-c3ccccn3)cs2)n1. The molecule has 10 nitrogen and oxygen atoms in total. The number of anilines is 1. The van der Waals surface area contributed by atoms with Gasteiger partial charge in [0.2, 0.25) is 5.95 Å². The van der Waals surface area contributed by atoms with Crippen LogP contribution in [0.1, 0.15) is 12.1 Å². The number of hydrogen-bond acceptors (Lipinski definition) is 9. The van der Waals surface area contributed by atoms with Crippen molar-refractivity contribution in [3.8, 4) is 22.1 Å². The second-order valence-electron chi connectivity index (χ2n) is 7.38. The van der Waals surface area contributed by atoms with E-state index in [9.17, 15) is 4.79 Å². The van der Waals surface area contributed by atoms with Crippen LogP contribution in [0.2, 0.25) is 0 Å². The lowest BCUT2D eigenvalue weighted by Crippen LogP contribution is -2.24. The number of pyridine rings is 1. The summed E-state index contributed by atoms with van der Waals surface area (Å²) >= 11 is 1.54. The van der Waals surface area contributed by atoms with Crippen LogP contribution < -0.4 is 5.32 Å². The zero-order valence-corrected chi connectivity index (χ0v) is 19.1. The van der Waals surface area contributed by atoms with E-state index in [1.807, 2.05) is 47.4 Å². The highest BCUT2D eigenvalue weighted by Gasteiger charge is 2.26. The van der Waals surface area contributed by atoms with E-state index in [0.29, 0.717) is 25.5 Å². The number of nitrogens with zero attached hydrogens (tertiary/aromatic N) is 7. The quantitative estimate of drug-likeness (QED) is 0.461. The van der Waals surface area contributed by atoms with Crippen molar-refractivity contribution in [2.24, 2.45) is 7.05 Å². The monoisotopic (exact) mass is 464 g/mol. The third-order valence-corrected chi connectivity index (χ3v) is 5.92. The van der Waals surface area contributed by atoms with Crippen molar-refractivity contribution < 1.29 is 9.90 Å². The highest BCUT2D eigenvalue weighted by atomic mass is 32.1. The van der Waals surface area contributed by atoms with Gasteiger partial charge in [0.15, 0.2) is 0 Å². The lowest BCUT2D eigenvalue weighted by Gasteiger charge is -2.05. The van der Waals surface area contributed by atoms with Crippen LogP contribution in [-0.2, 0) is 18.4 Å². The Kier molecular flexibility index (Phi) is 7.01. The van der Waals surface area contributed by atoms with Gasteiger partial charge in [0, 0.05) is 44.6 Å². The third-order valence-electron chi connectivity index (χ3n) is 5.06. The van der Waals surface area contributed by atoms with E-state index in [0.717, 1.165) is 27.8 Å². The molecule has 0 saturated carbocycles. The highest BCUT2D eigenvalue weighted by Crippen LogP contribution is 2.27. The number of carbonyl (C=O) groups excluding carboxylic acids is 1. The lowest BCUT2D eigenvalue weighted by molar-refractivity contribution is -0.133. The minimum Gasteiger partial charge on any atom is -0.383 e. The van der Waals surface area contributed by atoms with E-state index >= 15 is 0 Å². The average Bonchev–Trinajstić information content (AvgIpc) is 3.57. The summed E-state index contributed by atoms with van der Waals surface area (Å²) in [7, 11) is 3.60. The van der Waals surface area contributed by atoms with Gasteiger partial charge in [-0.3, -0.25) is 14.5 Å². The molecule has 1 amide bonds. The first-order valence-electron chi connectivity index (χ1n) is 10.4. The molecule has 5 rings (SSSR count). The molecule has 1 fully saturated rings. The maximum atomic E-state index is 10.6. The number of rotatable bonds is 5. The molecule has 0 radical (unpaired) electrons. The number of likely N-dealkylation sites (N-methyl/N-ethyl adjacent to an activating group) is 1. The lowest BCUT2D eigenvalue weighted by atomic mass is 10.3. The maximum absolute atomic E-state index is 10.6. The van der Waals surface area contributed by atoms with Gasteiger partial charge in [-0.15, -0.1) is 11.3 Å². The van der Waals surface area contributed by atoms with Crippen LogP contribution in [0, 0.1) is 0 Å². The molecule has 11 heteroatoms. The standard InChI is InChI=1S/C17H15N7S.C5H9NO2/c1-24-12(5-9-21-24)10-20-17-19-8-6-14(23-17)16-22-15(11-25-16)13-4-2-3-7-18-13;1-6-3-2-4(7)5(6)8/h2-9,11H,10H2,1H3,(H,19,20,23);4,7H,2-3H2,1H3. The first-order valence-corrected chi connectivity index (χ1v) is 11.2. The van der Waals surface area contributed by atoms with Crippen LogP contribution >= 0.6 is 11.3 Å². The normalized spacial score (nSPS) is 15.3. The number of likely N-dealkylation sites (tertiary alicyclic amines) is 1. The van der Waals surface area contributed by atoms with E-state index in [1.165, 1.54) is 4.90 Å². The first-order chi connectivity index (χ1) is 16.0. The van der Waals surface area contributed by atoms with Crippen molar-refractivity contribution in [1.29, 1.82) is 0 Å². The summed E-state index contributed by atoms with van der Waals surface area (Å²) < 4.78 is 1.82. The van der Waals surface area contributed by atoms with Crippen LogP contribution in [0.15, 0.2) is 54.3 Å². The van der Waals surface area contributed by atoms with Crippen LogP contribution in [0.25, 0.3) is 22.1 Å². The molecule has 1 atom stereocenters. The number of nitrogens with one attached hydrogen (secondary N) is 1. The largest absolute Gasteiger partial charge is 0.383 e. The second kappa shape index (κ2) is 10.3. The summed E-state index contributed by atoms with van der Waals surface area (Å²) in [5.74, 6) is 0.415. The van der Waals surface area contributed by atoms with Gasteiger partial charge < -0.3 is 15.3 Å². The molecule has 0 aromatic carbocycles. The van der Waals surface area contributed by atoms with Gasteiger partial charge in [0.25, 0.3) is 5.91 Å². The minimum absolute atomic E-state index is 0.148. The van der Waals surface area contributed by atoms with Crippen LogP contribution in [0.4, 0.5) is 5.95 Å². The predicted molar refractivity (Wildman–Crippen MR) is 125 cm³/mol. The second-order valence-corrected chi connectivity index (χ2v) is 8.24. The van der Waals surface area contributed by atoms with Crippen molar-refractivity contribution in [1.82, 2.24) is 34.6 Å². The molecule has 0 aliphatic carbocycles. The number of aliphatic hydroxyl groups is 1. The zero-order chi connectivity index (χ0) is 23.2. The molecule has 33 heavy (non-hydrogen) atoms. The summed E-state index contributed by atoms with van der Waals surface area (Å²) in [5.41, 5.74) is 3.55. The van der Waals surface area contributed by atoms with E-state index in [2.05, 4.69) is 30.4 Å². The fraction of sp³-hybridized carbons (Fsp3) is 0.273. The highest BCUT2D eigenvalue weighted by molar-refractivity contribution is 7.13. The van der Waals surface area contributed by atoms with Gasteiger partial charge in [-0.05, 0) is 30.7 Å². The predicted octanol–water partition coefficient (Wildman–Crippen LogP) is 2.22. The molecule has 5 heterocycles. The summed E-state index contributed by atoms with van der Waals surface area (Å²) in [5, 5.41) is 19.0. The van der Waals surface area contributed by atoms with Crippen LogP contribution in [-0.4, -0.2) is 65.3 Å². The third kappa shape index (κ3) is 5.57. The number of thiazole rings is 1. The molecule has 0 spiro atoms. The topological polar surface area (TPSA) is 122 Å². The average molecular weight is 465 g/mol. The summed E-state index contributed by atoms with van der Waals surface area (Å²) in [4.78, 5) is 29.9. The first kappa shape index (κ1) is 22.5. The molecular formula is C22H24N8O2S. The Morgan fingerprint density at radius 3 is 2.58 bits per heavy atom. The van der Waals surface area contributed by atoms with Gasteiger partial charge in [-0.1, -0.05) is 6.07 Å². The number of aliphatic hydroxyl groups excluding tert-OH is 1. The van der Waals surface area contributed by atoms with Crippen molar-refractivity contribution >= 4 is 23.2 Å². The fourth-order valence-corrected chi connectivity index (χ4v) is 3.92. The molecule has 1 aliphatic heterocycles. The number of carbonyl (C=O) groups is 1. The van der Waals surface area contributed by atoms with Gasteiger partial charge in [0.05, 0.1) is 17.9 Å². The molecule has 2 N–H and O–H groups in total. The molecule has 1 saturated heterocycles. The molecule has 4 aromatic rings. The Balaban J connectivity index is 0.000000275. The molecule has 1 unspecified atom stereocenters. The minimum atomic E-state index is -0.722. The van der Waals surface area contributed by atoms with Crippen LogP contribution in [0.3, 0.4) is 0 Å². The van der Waals surface area contributed by atoms with Gasteiger partial charge in [-0.25, -0.2) is 15.0 Å². The van der Waals surface area contributed by atoms with E-state index < -0.39 is 6.10 Å². The van der Waals surface area contributed by atoms with Gasteiger partial charge in [-0.2, -0.15) is 5.10 Å². The number of amides is 1. The Bertz CT molecular complexity index is 1200. The number of hydrogen-bond donors (Lipinski definition) is 2. The smallest absolute Gasteiger partial charge is 0.251 e. The number of aryl methyl sites for hydroxylation is 1. The zero-order valence-electron chi connectivity index (χ0n) is 18.3. The summed E-state index contributed by atoms with van der Waals surface area (Å²) in [6.07, 6.45) is 5.13. The molecular weight excluding hydrogens is 440 g/mol. The Hall–Kier alpha value is -3.70. The van der Waals surface area contributed by atoms with Crippen molar-refractivity contribution in [2.75, 3.05) is 18.9 Å². The molecule has 170 valence electrons. The maximum Gasteiger partial charge on any atom is 0.251 e. The summed E-state index contributed by atoms with van der Waals surface area (Å²) in [6, 6.07) is 9.60. The fourth-order valence-electron chi connectivity index (χ4n) is 3.13. The van der Waals surface area contributed by atoms with E-state index in [-0.39, 0.29) is 5.91 Å². The van der Waals surface area contributed by atoms with Crippen LogP contribution in [0.5, 0.6) is 0 Å². The Morgan fingerprint density at radius 1 is 1.06 bits per heavy atom. The number of aromatic nitrogens is 6. The van der Waals surface area contributed by atoms with Crippen molar-refractivity contribution in [3.63, 3.8) is 0 Å².